The van der Waals surface area contributed by atoms with Crippen LogP contribution in [0.1, 0.15) is 39.7 Å². The Balaban J connectivity index is 2.46. The maximum Gasteiger partial charge on any atom is 0.244 e. The van der Waals surface area contributed by atoms with Crippen LogP contribution >= 0.6 is 11.6 Å². The van der Waals surface area contributed by atoms with Crippen molar-refractivity contribution in [1.82, 2.24) is 10.2 Å². The summed E-state index contributed by atoms with van der Waals surface area (Å²) in [5.74, 6) is -1.39. The average Bonchev–Trinajstić information content (AvgIpc) is 2.71. The molecule has 0 saturated carbocycles. The van der Waals surface area contributed by atoms with E-state index < -0.39 is 39.9 Å². The van der Waals surface area contributed by atoms with Gasteiger partial charge in [-0.2, -0.15) is 0 Å². The number of amides is 2. The molecule has 0 aliphatic carbocycles. The minimum atomic E-state index is -3.88. The van der Waals surface area contributed by atoms with E-state index >= 15 is 0 Å². The van der Waals surface area contributed by atoms with E-state index in [1.54, 1.807) is 19.1 Å². The van der Waals surface area contributed by atoms with Gasteiger partial charge in [0, 0.05) is 12.1 Å². The lowest BCUT2D eigenvalue weighted by Gasteiger charge is -2.34. The second-order valence-corrected chi connectivity index (χ2v) is 11.3. The van der Waals surface area contributed by atoms with Crippen molar-refractivity contribution in [3.63, 3.8) is 0 Å². The van der Waals surface area contributed by atoms with Crippen molar-refractivity contribution in [3.8, 4) is 0 Å². The first-order chi connectivity index (χ1) is 15.7. The molecule has 0 saturated heterocycles. The molecule has 0 unspecified atom stereocenters. The Bertz CT molecular complexity index is 1120. The summed E-state index contributed by atoms with van der Waals surface area (Å²) in [7, 11) is -3.88. The van der Waals surface area contributed by atoms with Crippen molar-refractivity contribution >= 4 is 39.1 Å². The third-order valence-corrected chi connectivity index (χ3v) is 6.40. The number of sulfonamides is 1. The van der Waals surface area contributed by atoms with Gasteiger partial charge in [-0.1, -0.05) is 42.8 Å². The van der Waals surface area contributed by atoms with Gasteiger partial charge in [-0.05, 0) is 57.0 Å². The number of benzene rings is 2. The van der Waals surface area contributed by atoms with E-state index in [0.29, 0.717) is 12.0 Å². The molecule has 0 bridgehead atoms. The molecule has 2 aromatic rings. The van der Waals surface area contributed by atoms with Crippen LogP contribution in [0.15, 0.2) is 48.5 Å². The second-order valence-electron chi connectivity index (χ2n) is 9.03. The van der Waals surface area contributed by atoms with Crippen molar-refractivity contribution in [2.24, 2.45) is 0 Å². The highest BCUT2D eigenvalue weighted by atomic mass is 35.5. The standard InChI is InChI=1S/C24H31ClFN3O4S/c1-6-20(23(31)27-24(2,3)4)28(15-17-11-13-18(26)14-12-17)22(30)16-29(34(5,32)33)21-10-8-7-9-19(21)25/h7-14,20H,6,15-16H2,1-5H3,(H,27,31)/t20-/m1/s1. The lowest BCUT2D eigenvalue weighted by Crippen LogP contribution is -2.55. The maximum atomic E-state index is 13.5. The molecule has 0 radical (unpaired) electrons. The molecule has 0 fully saturated rings. The number of halogens is 2. The molecular formula is C24H31ClFN3O4S. The number of carbonyl (C=O) groups is 2. The van der Waals surface area contributed by atoms with E-state index in [1.165, 1.54) is 41.3 Å². The number of rotatable bonds is 9. The zero-order valence-corrected chi connectivity index (χ0v) is 21.6. The normalized spacial score (nSPS) is 12.7. The fourth-order valence-corrected chi connectivity index (χ4v) is 4.56. The van der Waals surface area contributed by atoms with Crippen LogP contribution in [0.25, 0.3) is 0 Å². The van der Waals surface area contributed by atoms with Gasteiger partial charge in [-0.3, -0.25) is 13.9 Å². The Morgan fingerprint density at radius 2 is 1.68 bits per heavy atom. The van der Waals surface area contributed by atoms with Crippen molar-refractivity contribution in [1.29, 1.82) is 0 Å². The van der Waals surface area contributed by atoms with E-state index in [1.807, 2.05) is 20.8 Å². The maximum absolute atomic E-state index is 13.5. The van der Waals surface area contributed by atoms with E-state index in [9.17, 15) is 22.4 Å². The van der Waals surface area contributed by atoms with Crippen LogP contribution in [0.3, 0.4) is 0 Å². The zero-order valence-electron chi connectivity index (χ0n) is 20.0. The van der Waals surface area contributed by atoms with Crippen LogP contribution in [0, 0.1) is 5.82 Å². The molecule has 7 nitrogen and oxygen atoms in total. The van der Waals surface area contributed by atoms with Crippen LogP contribution in [-0.4, -0.2) is 49.5 Å². The molecule has 0 spiro atoms. The first-order valence-corrected chi connectivity index (χ1v) is 13.0. The molecule has 34 heavy (non-hydrogen) atoms. The Labute approximate surface area is 205 Å². The monoisotopic (exact) mass is 511 g/mol. The largest absolute Gasteiger partial charge is 0.350 e. The van der Waals surface area contributed by atoms with Crippen LogP contribution < -0.4 is 9.62 Å². The number of para-hydroxylation sites is 1. The van der Waals surface area contributed by atoms with Crippen LogP contribution in [0.5, 0.6) is 0 Å². The van der Waals surface area contributed by atoms with Crippen molar-refractivity contribution in [3.05, 3.63) is 64.9 Å². The minimum absolute atomic E-state index is 0.00466. The first-order valence-electron chi connectivity index (χ1n) is 10.8. The second kappa shape index (κ2) is 11.2. The van der Waals surface area contributed by atoms with Gasteiger partial charge in [0.05, 0.1) is 17.0 Å². The summed E-state index contributed by atoms with van der Waals surface area (Å²) in [5.41, 5.74) is 0.222. The zero-order chi connectivity index (χ0) is 25.7. The quantitative estimate of drug-likeness (QED) is 0.552. The highest BCUT2D eigenvalue weighted by Gasteiger charge is 2.33. The van der Waals surface area contributed by atoms with Gasteiger partial charge in [0.25, 0.3) is 0 Å². The molecule has 0 aliphatic rings. The predicted octanol–water partition coefficient (Wildman–Crippen LogP) is 3.97. The molecule has 0 heterocycles. The Hall–Kier alpha value is -2.65. The Morgan fingerprint density at radius 3 is 2.18 bits per heavy atom. The smallest absolute Gasteiger partial charge is 0.244 e. The van der Waals surface area contributed by atoms with Gasteiger partial charge in [0.2, 0.25) is 21.8 Å². The number of nitrogens with one attached hydrogen (secondary N) is 1. The molecule has 0 aliphatic heterocycles. The topological polar surface area (TPSA) is 86.8 Å². The molecule has 10 heteroatoms. The van der Waals surface area contributed by atoms with E-state index in [2.05, 4.69) is 5.32 Å². The van der Waals surface area contributed by atoms with E-state index in [4.69, 9.17) is 11.6 Å². The van der Waals surface area contributed by atoms with E-state index in [-0.39, 0.29) is 23.2 Å². The number of carbonyl (C=O) groups excluding carboxylic acids is 2. The first kappa shape index (κ1) is 27.6. The fraction of sp³-hybridized carbons (Fsp3) is 0.417. The Kier molecular flexibility index (Phi) is 9.08. The number of anilines is 1. The third-order valence-electron chi connectivity index (χ3n) is 4.95. The third kappa shape index (κ3) is 7.70. The van der Waals surface area contributed by atoms with Crippen molar-refractivity contribution in [2.45, 2.75) is 52.2 Å². The molecule has 1 N–H and O–H groups in total. The number of nitrogens with zero attached hydrogens (tertiary/aromatic N) is 2. The SMILES string of the molecule is CC[C@H](C(=O)NC(C)(C)C)N(Cc1ccc(F)cc1)C(=O)CN(c1ccccc1Cl)S(C)(=O)=O. The molecule has 2 amide bonds. The molecule has 2 aromatic carbocycles. The highest BCUT2D eigenvalue weighted by Crippen LogP contribution is 2.27. The van der Waals surface area contributed by atoms with Crippen LogP contribution in [-0.2, 0) is 26.2 Å². The molecular weight excluding hydrogens is 481 g/mol. The van der Waals surface area contributed by atoms with Crippen LogP contribution in [0.4, 0.5) is 10.1 Å². The Morgan fingerprint density at radius 1 is 1.09 bits per heavy atom. The summed E-state index contributed by atoms with van der Waals surface area (Å²) in [6, 6.07) is 11.0. The predicted molar refractivity (Wildman–Crippen MR) is 133 cm³/mol. The number of hydrogen-bond donors (Lipinski definition) is 1. The molecule has 2 rings (SSSR count). The molecule has 186 valence electrons. The number of hydrogen-bond acceptors (Lipinski definition) is 4. The minimum Gasteiger partial charge on any atom is -0.350 e. The van der Waals surface area contributed by atoms with Gasteiger partial charge in [-0.15, -0.1) is 0 Å². The van der Waals surface area contributed by atoms with Gasteiger partial charge >= 0.3 is 0 Å². The summed E-state index contributed by atoms with van der Waals surface area (Å²) in [6.07, 6.45) is 1.28. The lowest BCUT2D eigenvalue weighted by molar-refractivity contribution is -0.141. The molecule has 0 aromatic heterocycles. The summed E-state index contributed by atoms with van der Waals surface area (Å²) in [5, 5.41) is 3.05. The van der Waals surface area contributed by atoms with Crippen LogP contribution in [0.2, 0.25) is 5.02 Å². The van der Waals surface area contributed by atoms with Gasteiger partial charge in [0.1, 0.15) is 18.4 Å². The van der Waals surface area contributed by atoms with E-state index in [0.717, 1.165) is 10.6 Å². The fourth-order valence-electron chi connectivity index (χ4n) is 3.41. The average molecular weight is 512 g/mol. The van der Waals surface area contributed by atoms with Gasteiger partial charge in [-0.25, -0.2) is 12.8 Å². The van der Waals surface area contributed by atoms with Crippen molar-refractivity contribution in [2.75, 3.05) is 17.1 Å². The molecule has 1 atom stereocenters. The summed E-state index contributed by atoms with van der Waals surface area (Å²) in [6.45, 7) is 6.68. The lowest BCUT2D eigenvalue weighted by atomic mass is 10.1. The van der Waals surface area contributed by atoms with Gasteiger partial charge < -0.3 is 10.2 Å². The van der Waals surface area contributed by atoms with Crippen molar-refractivity contribution < 1.29 is 22.4 Å². The van der Waals surface area contributed by atoms with Gasteiger partial charge in [0.15, 0.2) is 0 Å². The summed E-state index contributed by atoms with van der Waals surface area (Å²) >= 11 is 6.21. The summed E-state index contributed by atoms with van der Waals surface area (Å²) in [4.78, 5) is 27.9. The highest BCUT2D eigenvalue weighted by molar-refractivity contribution is 7.92. The summed E-state index contributed by atoms with van der Waals surface area (Å²) < 4.78 is 39.5.